The smallest absolute Gasteiger partial charge is 0.251 e. The summed E-state index contributed by atoms with van der Waals surface area (Å²) in [6.45, 7) is -0.644. The van der Waals surface area contributed by atoms with E-state index in [1.54, 1.807) is 24.3 Å². The second-order valence-corrected chi connectivity index (χ2v) is 4.12. The molecule has 0 amide bonds. The number of hydrogen-bond donors (Lipinski definition) is 2. The summed E-state index contributed by atoms with van der Waals surface area (Å²) in [5.41, 5.74) is 1.02. The molecule has 1 unspecified atom stereocenters. The molecule has 104 valence electrons. The molecule has 1 aromatic carbocycles. The molecule has 1 atom stereocenters. The summed E-state index contributed by atoms with van der Waals surface area (Å²) in [4.78, 5) is 1.30. The van der Waals surface area contributed by atoms with E-state index < -0.39 is 19.1 Å². The summed E-state index contributed by atoms with van der Waals surface area (Å²) >= 11 is 0. The van der Waals surface area contributed by atoms with E-state index in [0.717, 1.165) is 0 Å². The summed E-state index contributed by atoms with van der Waals surface area (Å²) in [6.07, 6.45) is -3.45. The van der Waals surface area contributed by atoms with Crippen LogP contribution in [0.5, 0.6) is 0 Å². The normalized spacial score (nSPS) is 12.7. The molecule has 0 saturated heterocycles. The van der Waals surface area contributed by atoms with Gasteiger partial charge in [0.25, 0.3) is 6.43 Å². The Morgan fingerprint density at radius 2 is 1.84 bits per heavy atom. The van der Waals surface area contributed by atoms with Gasteiger partial charge in [-0.2, -0.15) is 5.26 Å². The molecule has 0 aromatic heterocycles. The first kappa shape index (κ1) is 15.5. The van der Waals surface area contributed by atoms with Gasteiger partial charge in [-0.05, 0) is 17.7 Å². The number of nitriles is 1. The van der Waals surface area contributed by atoms with Crippen molar-refractivity contribution >= 4 is 0 Å². The Morgan fingerprint density at radius 1 is 1.21 bits per heavy atom. The molecule has 0 spiro atoms. The molecule has 1 aromatic rings. The van der Waals surface area contributed by atoms with Gasteiger partial charge in [0.05, 0.1) is 30.9 Å². The van der Waals surface area contributed by atoms with E-state index in [0.29, 0.717) is 11.1 Å². The number of aliphatic hydroxyl groups excluding tert-OH is 2. The topological polar surface area (TPSA) is 67.5 Å². The van der Waals surface area contributed by atoms with Crippen molar-refractivity contribution in [3.63, 3.8) is 0 Å². The summed E-state index contributed by atoms with van der Waals surface area (Å²) in [6, 6.07) is 8.24. The molecule has 4 nitrogen and oxygen atoms in total. The van der Waals surface area contributed by atoms with E-state index in [1.165, 1.54) is 4.90 Å². The zero-order chi connectivity index (χ0) is 14.3. The first-order valence-electron chi connectivity index (χ1n) is 5.86. The highest BCUT2D eigenvalue weighted by atomic mass is 19.3. The van der Waals surface area contributed by atoms with Crippen LogP contribution in [0.4, 0.5) is 8.78 Å². The Labute approximate surface area is 110 Å². The molecular formula is C13H16F2N2O2. The van der Waals surface area contributed by atoms with Crippen LogP contribution in [0.25, 0.3) is 0 Å². The Bertz CT molecular complexity index is 418. The highest BCUT2D eigenvalue weighted by Gasteiger charge is 2.16. The van der Waals surface area contributed by atoms with Crippen LogP contribution in [-0.4, -0.2) is 47.8 Å². The third-order valence-corrected chi connectivity index (χ3v) is 2.67. The molecular weight excluding hydrogens is 254 g/mol. The predicted octanol–water partition coefficient (Wildman–Crippen LogP) is 1.15. The number of halogens is 2. The van der Waals surface area contributed by atoms with Crippen molar-refractivity contribution in [2.24, 2.45) is 0 Å². The SMILES string of the molecule is N#Cc1ccc(C(O)CN(CCO)CC(F)F)cc1. The summed E-state index contributed by atoms with van der Waals surface area (Å²) in [5.74, 6) is 0. The Morgan fingerprint density at radius 3 is 2.32 bits per heavy atom. The zero-order valence-corrected chi connectivity index (χ0v) is 10.3. The highest BCUT2D eigenvalue weighted by molar-refractivity contribution is 5.32. The molecule has 0 aliphatic heterocycles. The van der Waals surface area contributed by atoms with Gasteiger partial charge in [0, 0.05) is 13.1 Å². The van der Waals surface area contributed by atoms with Gasteiger partial charge in [-0.15, -0.1) is 0 Å². The second kappa shape index (κ2) is 7.79. The van der Waals surface area contributed by atoms with Gasteiger partial charge in [-0.3, -0.25) is 4.90 Å². The van der Waals surface area contributed by atoms with Gasteiger partial charge in [-0.1, -0.05) is 12.1 Å². The van der Waals surface area contributed by atoms with Gasteiger partial charge >= 0.3 is 0 Å². The molecule has 6 heteroatoms. The van der Waals surface area contributed by atoms with Gasteiger partial charge in [0.1, 0.15) is 0 Å². The van der Waals surface area contributed by atoms with E-state index >= 15 is 0 Å². The minimum absolute atomic E-state index is 0.0107. The third-order valence-electron chi connectivity index (χ3n) is 2.67. The average molecular weight is 270 g/mol. The molecule has 0 bridgehead atoms. The average Bonchev–Trinajstić information content (AvgIpc) is 2.38. The largest absolute Gasteiger partial charge is 0.395 e. The Balaban J connectivity index is 2.64. The van der Waals surface area contributed by atoms with Gasteiger partial charge in [-0.25, -0.2) is 8.78 Å². The second-order valence-electron chi connectivity index (χ2n) is 4.12. The molecule has 0 saturated carbocycles. The van der Waals surface area contributed by atoms with Crippen molar-refractivity contribution in [3.05, 3.63) is 35.4 Å². The third kappa shape index (κ3) is 5.30. The molecule has 0 heterocycles. The fraction of sp³-hybridized carbons (Fsp3) is 0.462. The van der Waals surface area contributed by atoms with Crippen LogP contribution in [0.3, 0.4) is 0 Å². The quantitative estimate of drug-likeness (QED) is 0.780. The lowest BCUT2D eigenvalue weighted by Gasteiger charge is -2.24. The van der Waals surface area contributed by atoms with Crippen LogP contribution in [0.2, 0.25) is 0 Å². The zero-order valence-electron chi connectivity index (χ0n) is 10.3. The number of alkyl halides is 2. The number of rotatable bonds is 7. The summed E-state index contributed by atoms with van der Waals surface area (Å²) in [5, 5.41) is 27.4. The van der Waals surface area contributed by atoms with Crippen LogP contribution in [0.1, 0.15) is 17.2 Å². The van der Waals surface area contributed by atoms with E-state index in [1.807, 2.05) is 6.07 Å². The lowest BCUT2D eigenvalue weighted by molar-refractivity contribution is 0.0460. The minimum Gasteiger partial charge on any atom is -0.395 e. The maximum Gasteiger partial charge on any atom is 0.251 e. The number of nitrogens with zero attached hydrogens (tertiary/aromatic N) is 2. The van der Waals surface area contributed by atoms with Crippen molar-refractivity contribution in [2.75, 3.05) is 26.2 Å². The molecule has 0 radical (unpaired) electrons. The van der Waals surface area contributed by atoms with Crippen LogP contribution >= 0.6 is 0 Å². The standard InChI is InChI=1S/C13H16F2N2O2/c14-13(15)9-17(5-6-18)8-12(19)11-3-1-10(7-16)2-4-11/h1-4,12-13,18-19H,5-6,8-9H2. The lowest BCUT2D eigenvalue weighted by Crippen LogP contribution is -2.35. The van der Waals surface area contributed by atoms with Crippen LogP contribution in [0.15, 0.2) is 24.3 Å². The first-order chi connectivity index (χ1) is 9.06. The number of aliphatic hydroxyl groups is 2. The molecule has 0 fully saturated rings. The highest BCUT2D eigenvalue weighted by Crippen LogP contribution is 2.15. The fourth-order valence-corrected chi connectivity index (χ4v) is 1.72. The van der Waals surface area contributed by atoms with Gasteiger partial charge in [0.2, 0.25) is 0 Å². The van der Waals surface area contributed by atoms with Crippen molar-refractivity contribution in [1.82, 2.24) is 4.90 Å². The predicted molar refractivity (Wildman–Crippen MR) is 65.6 cm³/mol. The van der Waals surface area contributed by atoms with E-state index in [4.69, 9.17) is 10.4 Å². The minimum atomic E-state index is -2.51. The number of benzene rings is 1. The Hall–Kier alpha value is -1.55. The van der Waals surface area contributed by atoms with Crippen molar-refractivity contribution < 1.29 is 19.0 Å². The van der Waals surface area contributed by atoms with Crippen molar-refractivity contribution in [1.29, 1.82) is 5.26 Å². The van der Waals surface area contributed by atoms with E-state index in [-0.39, 0.29) is 19.7 Å². The monoisotopic (exact) mass is 270 g/mol. The summed E-state index contributed by atoms with van der Waals surface area (Å²) in [7, 11) is 0. The van der Waals surface area contributed by atoms with E-state index in [9.17, 15) is 13.9 Å². The van der Waals surface area contributed by atoms with Gasteiger partial charge in [0.15, 0.2) is 0 Å². The van der Waals surface area contributed by atoms with Crippen LogP contribution in [-0.2, 0) is 0 Å². The first-order valence-corrected chi connectivity index (χ1v) is 5.86. The van der Waals surface area contributed by atoms with Crippen LogP contribution < -0.4 is 0 Å². The van der Waals surface area contributed by atoms with Crippen LogP contribution in [0, 0.1) is 11.3 Å². The van der Waals surface area contributed by atoms with Crippen molar-refractivity contribution in [3.8, 4) is 6.07 Å². The molecule has 2 N–H and O–H groups in total. The van der Waals surface area contributed by atoms with Crippen molar-refractivity contribution in [2.45, 2.75) is 12.5 Å². The molecule has 1 rings (SSSR count). The molecule has 19 heavy (non-hydrogen) atoms. The lowest BCUT2D eigenvalue weighted by atomic mass is 10.1. The molecule has 0 aliphatic rings. The maximum absolute atomic E-state index is 12.3. The van der Waals surface area contributed by atoms with E-state index in [2.05, 4.69) is 0 Å². The Kier molecular flexibility index (Phi) is 6.36. The molecule has 0 aliphatic carbocycles. The van der Waals surface area contributed by atoms with Gasteiger partial charge < -0.3 is 10.2 Å². The maximum atomic E-state index is 12.3. The summed E-state index contributed by atoms with van der Waals surface area (Å²) < 4.78 is 24.6. The number of hydrogen-bond acceptors (Lipinski definition) is 4. The fourth-order valence-electron chi connectivity index (χ4n) is 1.72.